The van der Waals surface area contributed by atoms with Gasteiger partial charge in [-0.05, 0) is 68.7 Å². The van der Waals surface area contributed by atoms with Gasteiger partial charge in [0, 0.05) is 17.1 Å². The van der Waals surface area contributed by atoms with Gasteiger partial charge in [0.05, 0.1) is 28.8 Å². The second-order valence-electron chi connectivity index (χ2n) is 8.66. The SMILES string of the molecule is Cc1nnn2c1-c1c(C)c(-c3cc(F)cc4c3ccn4S(C)(=O)=O)cc(F)c1NC2(C)C. The average molecular weight is 458 g/mol. The number of anilines is 1. The molecule has 32 heavy (non-hydrogen) atoms. The molecule has 5 rings (SSSR count). The minimum atomic E-state index is -3.64. The van der Waals surface area contributed by atoms with Gasteiger partial charge in [-0.25, -0.2) is 25.9 Å². The van der Waals surface area contributed by atoms with Crippen LogP contribution in [-0.2, 0) is 15.7 Å². The van der Waals surface area contributed by atoms with E-state index in [1.54, 1.807) is 17.7 Å². The second kappa shape index (κ2) is 6.38. The van der Waals surface area contributed by atoms with Gasteiger partial charge in [0.25, 0.3) is 0 Å². The monoisotopic (exact) mass is 457 g/mol. The van der Waals surface area contributed by atoms with Crippen LogP contribution >= 0.6 is 0 Å². The minimum Gasteiger partial charge on any atom is -0.359 e. The molecule has 3 heterocycles. The molecule has 0 atom stereocenters. The van der Waals surface area contributed by atoms with Crippen molar-refractivity contribution in [3.05, 3.63) is 53.4 Å². The Hall–Kier alpha value is -3.27. The molecule has 0 amide bonds. The van der Waals surface area contributed by atoms with Crippen LogP contribution in [-0.4, -0.2) is 33.6 Å². The first kappa shape index (κ1) is 20.6. The number of aryl methyl sites for hydroxylation is 1. The third kappa shape index (κ3) is 2.78. The van der Waals surface area contributed by atoms with Gasteiger partial charge in [0.2, 0.25) is 10.0 Å². The fourth-order valence-electron chi connectivity index (χ4n) is 4.54. The van der Waals surface area contributed by atoms with Crippen LogP contribution < -0.4 is 5.32 Å². The summed E-state index contributed by atoms with van der Waals surface area (Å²) in [6.45, 7) is 7.38. The Labute approximate surface area is 183 Å². The molecule has 10 heteroatoms. The van der Waals surface area contributed by atoms with Crippen LogP contribution in [0.15, 0.2) is 30.5 Å². The Kier molecular flexibility index (Phi) is 4.11. The number of nitrogens with one attached hydrogen (secondary N) is 1. The van der Waals surface area contributed by atoms with E-state index in [4.69, 9.17) is 0 Å². The van der Waals surface area contributed by atoms with Crippen LogP contribution in [0.25, 0.3) is 33.3 Å². The molecular formula is C22H21F2N5O2S. The fourth-order valence-corrected chi connectivity index (χ4v) is 5.33. The molecule has 0 saturated carbocycles. The molecule has 1 aliphatic rings. The minimum absolute atomic E-state index is 0.196. The van der Waals surface area contributed by atoms with Crippen molar-refractivity contribution < 1.29 is 17.2 Å². The zero-order chi connectivity index (χ0) is 23.2. The molecule has 0 spiro atoms. The maximum Gasteiger partial charge on any atom is 0.236 e. The average Bonchev–Trinajstić information content (AvgIpc) is 3.28. The van der Waals surface area contributed by atoms with E-state index in [-0.39, 0.29) is 5.52 Å². The molecular weight excluding hydrogens is 436 g/mol. The van der Waals surface area contributed by atoms with E-state index in [9.17, 15) is 12.8 Å². The van der Waals surface area contributed by atoms with E-state index in [0.29, 0.717) is 44.7 Å². The second-order valence-corrected chi connectivity index (χ2v) is 10.5. The van der Waals surface area contributed by atoms with Crippen molar-refractivity contribution in [2.75, 3.05) is 11.6 Å². The Bertz CT molecular complexity index is 1550. The molecule has 2 aromatic heterocycles. The van der Waals surface area contributed by atoms with Crippen LogP contribution in [0.5, 0.6) is 0 Å². The third-order valence-electron chi connectivity index (χ3n) is 5.96. The zero-order valence-electron chi connectivity index (χ0n) is 18.2. The molecule has 2 aromatic carbocycles. The summed E-state index contributed by atoms with van der Waals surface area (Å²) in [7, 11) is -3.64. The van der Waals surface area contributed by atoms with Crippen molar-refractivity contribution in [1.29, 1.82) is 0 Å². The normalized spacial score (nSPS) is 14.8. The third-order valence-corrected chi connectivity index (χ3v) is 6.99. The number of hydrogen-bond donors (Lipinski definition) is 1. The van der Waals surface area contributed by atoms with E-state index < -0.39 is 27.3 Å². The largest absolute Gasteiger partial charge is 0.359 e. The van der Waals surface area contributed by atoms with E-state index >= 15 is 4.39 Å². The Morgan fingerprint density at radius 3 is 2.50 bits per heavy atom. The predicted molar refractivity (Wildman–Crippen MR) is 119 cm³/mol. The smallest absolute Gasteiger partial charge is 0.236 e. The first-order valence-electron chi connectivity index (χ1n) is 9.96. The summed E-state index contributed by atoms with van der Waals surface area (Å²) in [5.41, 5.74) is 3.33. The van der Waals surface area contributed by atoms with Crippen molar-refractivity contribution in [1.82, 2.24) is 19.0 Å². The predicted octanol–water partition coefficient (Wildman–Crippen LogP) is 4.39. The molecule has 0 radical (unpaired) electrons. The number of halogens is 2. The van der Waals surface area contributed by atoms with Gasteiger partial charge in [-0.3, -0.25) is 0 Å². The van der Waals surface area contributed by atoms with Crippen molar-refractivity contribution in [3.63, 3.8) is 0 Å². The lowest BCUT2D eigenvalue weighted by Gasteiger charge is -2.36. The van der Waals surface area contributed by atoms with Crippen molar-refractivity contribution >= 4 is 26.6 Å². The molecule has 0 fully saturated rings. The fraction of sp³-hybridized carbons (Fsp3) is 0.273. The Morgan fingerprint density at radius 2 is 1.81 bits per heavy atom. The summed E-state index contributed by atoms with van der Waals surface area (Å²) in [5, 5.41) is 12.1. The van der Waals surface area contributed by atoms with Gasteiger partial charge in [0.1, 0.15) is 17.3 Å². The molecule has 1 N–H and O–H groups in total. The van der Waals surface area contributed by atoms with Crippen LogP contribution in [0.2, 0.25) is 0 Å². The van der Waals surface area contributed by atoms with Crippen LogP contribution in [0.4, 0.5) is 14.5 Å². The van der Waals surface area contributed by atoms with Gasteiger partial charge in [-0.2, -0.15) is 0 Å². The molecule has 0 bridgehead atoms. The van der Waals surface area contributed by atoms with Gasteiger partial charge >= 0.3 is 0 Å². The molecule has 0 unspecified atom stereocenters. The first-order chi connectivity index (χ1) is 14.9. The van der Waals surface area contributed by atoms with Crippen molar-refractivity contribution in [3.8, 4) is 22.4 Å². The lowest BCUT2D eigenvalue weighted by atomic mass is 9.89. The van der Waals surface area contributed by atoms with Crippen LogP contribution in [0.3, 0.4) is 0 Å². The number of benzene rings is 2. The Balaban J connectivity index is 1.86. The highest BCUT2D eigenvalue weighted by molar-refractivity contribution is 7.89. The molecule has 166 valence electrons. The van der Waals surface area contributed by atoms with E-state index in [0.717, 1.165) is 16.3 Å². The van der Waals surface area contributed by atoms with E-state index in [1.807, 2.05) is 20.8 Å². The number of nitrogens with zero attached hydrogens (tertiary/aromatic N) is 4. The summed E-state index contributed by atoms with van der Waals surface area (Å²) >= 11 is 0. The van der Waals surface area contributed by atoms with Crippen LogP contribution in [0.1, 0.15) is 25.1 Å². The van der Waals surface area contributed by atoms with Crippen molar-refractivity contribution in [2.24, 2.45) is 0 Å². The summed E-state index contributed by atoms with van der Waals surface area (Å²) < 4.78 is 57.1. The summed E-state index contributed by atoms with van der Waals surface area (Å²) in [6, 6.07) is 5.42. The zero-order valence-corrected chi connectivity index (χ0v) is 19.0. The number of aromatic nitrogens is 4. The summed E-state index contributed by atoms with van der Waals surface area (Å²) in [6.07, 6.45) is 2.42. The molecule has 0 aliphatic carbocycles. The van der Waals surface area contributed by atoms with Gasteiger partial charge < -0.3 is 5.32 Å². The molecule has 4 aromatic rings. The molecule has 0 saturated heterocycles. The highest BCUT2D eigenvalue weighted by Crippen LogP contribution is 2.46. The maximum absolute atomic E-state index is 15.5. The molecule has 1 aliphatic heterocycles. The van der Waals surface area contributed by atoms with E-state index in [2.05, 4.69) is 15.6 Å². The van der Waals surface area contributed by atoms with Crippen LogP contribution in [0, 0.1) is 25.5 Å². The first-order valence-corrected chi connectivity index (χ1v) is 11.8. The molecule has 7 nitrogen and oxygen atoms in total. The number of fused-ring (bicyclic) bond motifs is 4. The lowest BCUT2D eigenvalue weighted by Crippen LogP contribution is -2.40. The highest BCUT2D eigenvalue weighted by atomic mass is 32.2. The van der Waals surface area contributed by atoms with Crippen molar-refractivity contribution in [2.45, 2.75) is 33.4 Å². The highest BCUT2D eigenvalue weighted by Gasteiger charge is 2.36. The van der Waals surface area contributed by atoms with Gasteiger partial charge in [-0.1, -0.05) is 5.21 Å². The maximum atomic E-state index is 15.5. The Morgan fingerprint density at radius 1 is 1.09 bits per heavy atom. The number of hydrogen-bond acceptors (Lipinski definition) is 5. The standard InChI is InChI=1S/C22H21F2N5O2S/c1-11-15(16-8-13(23)9-18-14(16)6-7-28(18)32(5,30)31)10-17(24)20-19(11)21-12(2)26-27-29(21)22(3,4)25-20/h6-10,25H,1-5H3. The van der Waals surface area contributed by atoms with Gasteiger partial charge in [0.15, 0.2) is 0 Å². The lowest BCUT2D eigenvalue weighted by molar-refractivity contribution is 0.357. The summed E-state index contributed by atoms with van der Waals surface area (Å²) in [5.74, 6) is -1.11. The topological polar surface area (TPSA) is 81.8 Å². The van der Waals surface area contributed by atoms with Gasteiger partial charge in [-0.15, -0.1) is 5.10 Å². The number of rotatable bonds is 2. The van der Waals surface area contributed by atoms with E-state index in [1.165, 1.54) is 18.3 Å². The summed E-state index contributed by atoms with van der Waals surface area (Å²) in [4.78, 5) is 0. The quantitative estimate of drug-likeness (QED) is 0.483.